The number of hydrogen-bond donors (Lipinski definition) is 0. The summed E-state index contributed by atoms with van der Waals surface area (Å²) in [5.41, 5.74) is 0. The number of halogens is 3. The molecular formula is C12H6Cl3N5O. The summed E-state index contributed by atoms with van der Waals surface area (Å²) in [4.78, 5) is 12.0. The van der Waals surface area contributed by atoms with Crippen LogP contribution in [-0.2, 0) is 0 Å². The van der Waals surface area contributed by atoms with Crippen molar-refractivity contribution in [2.45, 2.75) is 0 Å². The van der Waals surface area contributed by atoms with E-state index in [1.165, 1.54) is 4.68 Å². The van der Waals surface area contributed by atoms with E-state index in [-0.39, 0.29) is 17.2 Å². The van der Waals surface area contributed by atoms with Gasteiger partial charge < -0.3 is 4.74 Å². The summed E-state index contributed by atoms with van der Waals surface area (Å²) in [6.07, 6.45) is 3.26. The molecule has 2 aromatic heterocycles. The van der Waals surface area contributed by atoms with Crippen molar-refractivity contribution in [1.29, 1.82) is 0 Å². The Bertz CT molecular complexity index is 779. The molecule has 1 aromatic carbocycles. The fourth-order valence-electron chi connectivity index (χ4n) is 1.51. The molecule has 0 saturated heterocycles. The second kappa shape index (κ2) is 5.85. The first-order chi connectivity index (χ1) is 10.1. The molecule has 0 aliphatic carbocycles. The third kappa shape index (κ3) is 3.24. The van der Waals surface area contributed by atoms with Gasteiger partial charge in [0, 0.05) is 17.4 Å². The number of aromatic nitrogens is 5. The summed E-state index contributed by atoms with van der Waals surface area (Å²) in [7, 11) is 0. The molecule has 0 aliphatic heterocycles. The Balaban J connectivity index is 1.95. The van der Waals surface area contributed by atoms with Gasteiger partial charge in [0.1, 0.15) is 5.75 Å². The van der Waals surface area contributed by atoms with Crippen LogP contribution in [0, 0.1) is 0 Å². The van der Waals surface area contributed by atoms with Gasteiger partial charge in [0.2, 0.25) is 5.28 Å². The average molecular weight is 343 g/mol. The zero-order chi connectivity index (χ0) is 14.8. The number of hydrogen-bond acceptors (Lipinski definition) is 5. The van der Waals surface area contributed by atoms with Crippen LogP contribution in [0.1, 0.15) is 0 Å². The maximum atomic E-state index is 6.03. The average Bonchev–Trinajstić information content (AvgIpc) is 2.95. The minimum atomic E-state index is -0.0180. The Morgan fingerprint density at radius 1 is 1.05 bits per heavy atom. The third-order valence-electron chi connectivity index (χ3n) is 2.38. The molecule has 0 unspecified atom stereocenters. The van der Waals surface area contributed by atoms with Gasteiger partial charge in [-0.05, 0) is 35.9 Å². The minimum absolute atomic E-state index is 0.00437. The van der Waals surface area contributed by atoms with Crippen molar-refractivity contribution < 1.29 is 4.74 Å². The van der Waals surface area contributed by atoms with E-state index in [0.29, 0.717) is 15.8 Å². The molecule has 0 fully saturated rings. The molecule has 21 heavy (non-hydrogen) atoms. The summed E-state index contributed by atoms with van der Waals surface area (Å²) in [6.45, 7) is 0. The molecule has 0 atom stereocenters. The fourth-order valence-corrected chi connectivity index (χ4v) is 2.11. The molecule has 0 aliphatic rings. The molecular weight excluding hydrogens is 337 g/mol. The van der Waals surface area contributed by atoms with Crippen LogP contribution in [0.25, 0.3) is 5.95 Å². The van der Waals surface area contributed by atoms with Crippen molar-refractivity contribution in [3.05, 3.63) is 52.0 Å². The standard InChI is InChI=1S/C12H6Cl3N5O/c13-7-2-3-9(8(14)6-7)21-12-18-10(15)17-11(19-12)20-5-1-4-16-20/h1-6H. The van der Waals surface area contributed by atoms with Crippen LogP contribution < -0.4 is 4.74 Å². The van der Waals surface area contributed by atoms with E-state index in [2.05, 4.69) is 20.1 Å². The minimum Gasteiger partial charge on any atom is -0.423 e. The first kappa shape index (κ1) is 14.1. The lowest BCUT2D eigenvalue weighted by molar-refractivity contribution is 0.437. The van der Waals surface area contributed by atoms with E-state index in [1.807, 2.05) is 0 Å². The Hall–Kier alpha value is -1.89. The lowest BCUT2D eigenvalue weighted by Gasteiger charge is -2.07. The molecule has 0 saturated carbocycles. The first-order valence-corrected chi connectivity index (χ1v) is 6.80. The van der Waals surface area contributed by atoms with Gasteiger partial charge in [-0.2, -0.15) is 20.1 Å². The van der Waals surface area contributed by atoms with Gasteiger partial charge in [-0.15, -0.1) is 0 Å². The second-order valence-electron chi connectivity index (χ2n) is 3.81. The summed E-state index contributed by atoms with van der Waals surface area (Å²) in [5.74, 6) is 0.592. The van der Waals surface area contributed by atoms with Crippen LogP contribution >= 0.6 is 34.8 Å². The van der Waals surface area contributed by atoms with Crippen LogP contribution in [0.5, 0.6) is 11.8 Å². The zero-order valence-corrected chi connectivity index (χ0v) is 12.5. The molecule has 0 bridgehead atoms. The second-order valence-corrected chi connectivity index (χ2v) is 5.00. The smallest absolute Gasteiger partial charge is 0.328 e. The van der Waals surface area contributed by atoms with E-state index in [4.69, 9.17) is 39.5 Å². The van der Waals surface area contributed by atoms with Crippen molar-refractivity contribution in [3.8, 4) is 17.7 Å². The molecule has 3 rings (SSSR count). The van der Waals surface area contributed by atoms with Gasteiger partial charge in [-0.25, -0.2) is 4.68 Å². The molecule has 0 amide bonds. The van der Waals surface area contributed by atoms with Gasteiger partial charge in [0.25, 0.3) is 5.95 Å². The SMILES string of the molecule is Clc1ccc(Oc2nc(Cl)nc(-n3cccn3)n2)c(Cl)c1. The molecule has 0 N–H and O–H groups in total. The summed E-state index contributed by atoms with van der Waals surface area (Å²) >= 11 is 17.7. The normalized spacial score (nSPS) is 10.6. The van der Waals surface area contributed by atoms with E-state index in [1.54, 1.807) is 36.7 Å². The lowest BCUT2D eigenvalue weighted by Crippen LogP contribution is -2.05. The lowest BCUT2D eigenvalue weighted by atomic mass is 10.3. The topological polar surface area (TPSA) is 65.7 Å². The third-order valence-corrected chi connectivity index (χ3v) is 3.08. The Kier molecular flexibility index (Phi) is 3.92. The molecule has 2 heterocycles. The van der Waals surface area contributed by atoms with Crippen LogP contribution in [0.4, 0.5) is 0 Å². The molecule has 6 nitrogen and oxygen atoms in total. The van der Waals surface area contributed by atoms with Crippen molar-refractivity contribution in [1.82, 2.24) is 24.7 Å². The van der Waals surface area contributed by atoms with Crippen molar-refractivity contribution in [3.63, 3.8) is 0 Å². The highest BCUT2D eigenvalue weighted by Crippen LogP contribution is 2.30. The molecule has 0 radical (unpaired) electrons. The number of benzene rings is 1. The van der Waals surface area contributed by atoms with E-state index in [0.717, 1.165) is 0 Å². The predicted octanol–water partition coefficient (Wildman–Crippen LogP) is 3.81. The quantitative estimate of drug-likeness (QED) is 0.724. The fraction of sp³-hybridized carbons (Fsp3) is 0. The maximum absolute atomic E-state index is 6.03. The molecule has 3 aromatic rings. The van der Waals surface area contributed by atoms with E-state index in [9.17, 15) is 0 Å². The highest BCUT2D eigenvalue weighted by molar-refractivity contribution is 6.35. The van der Waals surface area contributed by atoms with Crippen LogP contribution in [0.15, 0.2) is 36.7 Å². The predicted molar refractivity (Wildman–Crippen MR) is 78.5 cm³/mol. The van der Waals surface area contributed by atoms with Crippen LogP contribution in [-0.4, -0.2) is 24.7 Å². The zero-order valence-electron chi connectivity index (χ0n) is 10.2. The first-order valence-electron chi connectivity index (χ1n) is 5.66. The number of ether oxygens (including phenoxy) is 1. The largest absolute Gasteiger partial charge is 0.423 e. The monoisotopic (exact) mass is 341 g/mol. The Morgan fingerprint density at radius 2 is 1.90 bits per heavy atom. The molecule has 9 heteroatoms. The maximum Gasteiger partial charge on any atom is 0.328 e. The Labute approximate surface area is 134 Å². The molecule has 106 valence electrons. The van der Waals surface area contributed by atoms with Gasteiger partial charge in [-0.1, -0.05) is 23.2 Å². The summed E-state index contributed by atoms with van der Waals surface area (Å²) in [5, 5.41) is 4.82. The highest BCUT2D eigenvalue weighted by Gasteiger charge is 2.11. The number of rotatable bonds is 3. The van der Waals surface area contributed by atoms with Crippen LogP contribution in [0.3, 0.4) is 0 Å². The van der Waals surface area contributed by atoms with E-state index < -0.39 is 0 Å². The van der Waals surface area contributed by atoms with E-state index >= 15 is 0 Å². The van der Waals surface area contributed by atoms with Crippen molar-refractivity contribution >= 4 is 34.8 Å². The van der Waals surface area contributed by atoms with Gasteiger partial charge in [0.15, 0.2) is 0 Å². The van der Waals surface area contributed by atoms with Crippen molar-refractivity contribution in [2.75, 3.05) is 0 Å². The van der Waals surface area contributed by atoms with Gasteiger partial charge in [-0.3, -0.25) is 0 Å². The Morgan fingerprint density at radius 3 is 2.62 bits per heavy atom. The molecule has 0 spiro atoms. The summed E-state index contributed by atoms with van der Waals surface area (Å²) in [6, 6.07) is 6.53. The van der Waals surface area contributed by atoms with Gasteiger partial charge in [0.05, 0.1) is 5.02 Å². The van der Waals surface area contributed by atoms with Crippen LogP contribution in [0.2, 0.25) is 15.3 Å². The van der Waals surface area contributed by atoms with Crippen molar-refractivity contribution in [2.24, 2.45) is 0 Å². The summed E-state index contributed by atoms with van der Waals surface area (Å²) < 4.78 is 6.94. The number of nitrogens with zero attached hydrogens (tertiary/aromatic N) is 5. The highest BCUT2D eigenvalue weighted by atomic mass is 35.5. The van der Waals surface area contributed by atoms with Gasteiger partial charge >= 0.3 is 6.01 Å².